The Kier molecular flexibility index (Phi) is 6.11. The van der Waals surface area contributed by atoms with E-state index < -0.39 is 0 Å². The molecule has 0 radical (unpaired) electrons. The van der Waals surface area contributed by atoms with Gasteiger partial charge in [-0.25, -0.2) is 0 Å². The van der Waals surface area contributed by atoms with Crippen molar-refractivity contribution in [3.05, 3.63) is 34.9 Å². The Morgan fingerprint density at radius 1 is 1.32 bits per heavy atom. The van der Waals surface area contributed by atoms with Gasteiger partial charge in [0.1, 0.15) is 0 Å². The molecule has 0 aliphatic heterocycles. The maximum atomic E-state index is 8.57. The highest BCUT2D eigenvalue weighted by Crippen LogP contribution is 2.37. The minimum Gasteiger partial charge on any atom is -0.394 e. The molecule has 0 amide bonds. The third kappa shape index (κ3) is 4.77. The lowest BCUT2D eigenvalue weighted by Crippen LogP contribution is -2.40. The van der Waals surface area contributed by atoms with Crippen LogP contribution >= 0.6 is 11.6 Å². The average Bonchev–Trinajstić information content (AvgIpc) is 2.35. The molecule has 2 N–H and O–H groups in total. The molecule has 0 bridgehead atoms. The number of ether oxygens (including phenoxy) is 1. The Bertz CT molecular complexity index is 380. The average molecular weight is 284 g/mol. The van der Waals surface area contributed by atoms with E-state index in [1.54, 1.807) is 0 Å². The van der Waals surface area contributed by atoms with Gasteiger partial charge in [-0.1, -0.05) is 23.7 Å². The molecule has 3 nitrogen and oxygen atoms in total. The van der Waals surface area contributed by atoms with Crippen molar-refractivity contribution in [2.75, 3.05) is 26.4 Å². The Balaban J connectivity index is 1.56. The van der Waals surface area contributed by atoms with Crippen LogP contribution in [0.2, 0.25) is 5.02 Å². The first-order valence-corrected chi connectivity index (χ1v) is 7.35. The highest BCUT2D eigenvalue weighted by atomic mass is 35.5. The minimum atomic E-state index is 0.109. The maximum Gasteiger partial charge on any atom is 0.0697 e. The normalized spacial score (nSPS) is 22.2. The minimum absolute atomic E-state index is 0.109. The first-order chi connectivity index (χ1) is 9.29. The van der Waals surface area contributed by atoms with Crippen LogP contribution in [0.4, 0.5) is 0 Å². The van der Waals surface area contributed by atoms with Crippen LogP contribution < -0.4 is 5.32 Å². The standard InChI is InChI=1S/C15H22ClNO2/c16-14-4-1-3-12(9-14)13-10-15(11-13)17-5-2-7-19-8-6-18/h1,3-4,9,13,15,17-18H,2,5-8,10-11H2. The molecule has 0 spiro atoms. The lowest BCUT2D eigenvalue weighted by atomic mass is 9.76. The van der Waals surface area contributed by atoms with Gasteiger partial charge >= 0.3 is 0 Å². The molecule has 1 fully saturated rings. The Labute approximate surface area is 119 Å². The van der Waals surface area contributed by atoms with Crippen molar-refractivity contribution < 1.29 is 9.84 Å². The third-order valence-corrected chi connectivity index (χ3v) is 3.83. The summed E-state index contributed by atoms with van der Waals surface area (Å²) in [5.41, 5.74) is 1.36. The van der Waals surface area contributed by atoms with Crippen molar-refractivity contribution in [2.24, 2.45) is 0 Å². The summed E-state index contributed by atoms with van der Waals surface area (Å²) in [7, 11) is 0. The topological polar surface area (TPSA) is 41.5 Å². The number of rotatable bonds is 8. The number of aliphatic hydroxyl groups excluding tert-OH is 1. The van der Waals surface area contributed by atoms with Crippen molar-refractivity contribution in [2.45, 2.75) is 31.2 Å². The fourth-order valence-electron chi connectivity index (χ4n) is 2.46. The molecule has 1 aliphatic rings. The predicted octanol–water partition coefficient (Wildman–Crippen LogP) is 2.57. The first-order valence-electron chi connectivity index (χ1n) is 6.97. The van der Waals surface area contributed by atoms with E-state index >= 15 is 0 Å². The number of aliphatic hydroxyl groups is 1. The molecular weight excluding hydrogens is 262 g/mol. The Hall–Kier alpha value is -0.610. The Morgan fingerprint density at radius 3 is 2.89 bits per heavy atom. The zero-order chi connectivity index (χ0) is 13.5. The fourth-order valence-corrected chi connectivity index (χ4v) is 2.66. The molecule has 0 heterocycles. The number of nitrogens with one attached hydrogen (secondary N) is 1. The van der Waals surface area contributed by atoms with Gasteiger partial charge in [-0.2, -0.15) is 0 Å². The molecule has 1 aromatic carbocycles. The zero-order valence-electron chi connectivity index (χ0n) is 11.1. The van der Waals surface area contributed by atoms with Crippen LogP contribution in [-0.2, 0) is 4.74 Å². The predicted molar refractivity (Wildman–Crippen MR) is 77.7 cm³/mol. The highest BCUT2D eigenvalue weighted by Gasteiger charge is 2.29. The summed E-state index contributed by atoms with van der Waals surface area (Å²) in [5.74, 6) is 0.654. The number of hydrogen-bond acceptors (Lipinski definition) is 3. The molecule has 19 heavy (non-hydrogen) atoms. The van der Waals surface area contributed by atoms with Crippen molar-refractivity contribution >= 4 is 11.6 Å². The molecule has 1 aliphatic carbocycles. The summed E-state index contributed by atoms with van der Waals surface area (Å²) in [5, 5.41) is 12.9. The number of halogens is 1. The van der Waals surface area contributed by atoms with Gasteiger partial charge in [0.25, 0.3) is 0 Å². The summed E-state index contributed by atoms with van der Waals surface area (Å²) in [6.45, 7) is 2.26. The molecule has 0 unspecified atom stereocenters. The van der Waals surface area contributed by atoms with E-state index in [4.69, 9.17) is 21.4 Å². The number of hydrogen-bond donors (Lipinski definition) is 2. The lowest BCUT2D eigenvalue weighted by Gasteiger charge is -2.36. The van der Waals surface area contributed by atoms with Crippen LogP contribution in [0.5, 0.6) is 0 Å². The second-order valence-electron chi connectivity index (χ2n) is 5.06. The van der Waals surface area contributed by atoms with Gasteiger partial charge in [0, 0.05) is 17.7 Å². The monoisotopic (exact) mass is 283 g/mol. The van der Waals surface area contributed by atoms with E-state index in [-0.39, 0.29) is 6.61 Å². The van der Waals surface area contributed by atoms with Crippen molar-refractivity contribution in [3.8, 4) is 0 Å². The smallest absolute Gasteiger partial charge is 0.0697 e. The van der Waals surface area contributed by atoms with E-state index in [9.17, 15) is 0 Å². The van der Waals surface area contributed by atoms with Gasteiger partial charge in [-0.3, -0.25) is 0 Å². The van der Waals surface area contributed by atoms with Crippen molar-refractivity contribution in [1.82, 2.24) is 5.32 Å². The Morgan fingerprint density at radius 2 is 2.16 bits per heavy atom. The van der Waals surface area contributed by atoms with Crippen molar-refractivity contribution in [3.63, 3.8) is 0 Å². The van der Waals surface area contributed by atoms with Gasteiger partial charge in [-0.05, 0) is 49.4 Å². The molecular formula is C15H22ClNO2. The SMILES string of the molecule is OCCOCCCNC1CC(c2cccc(Cl)c2)C1. The molecule has 106 valence electrons. The molecule has 1 aromatic rings. The third-order valence-electron chi connectivity index (χ3n) is 3.59. The number of benzene rings is 1. The molecule has 0 saturated heterocycles. The summed E-state index contributed by atoms with van der Waals surface area (Å²) in [4.78, 5) is 0. The summed E-state index contributed by atoms with van der Waals surface area (Å²) >= 11 is 6.00. The van der Waals surface area contributed by atoms with E-state index in [2.05, 4.69) is 17.4 Å². The molecule has 1 saturated carbocycles. The maximum absolute atomic E-state index is 8.57. The van der Waals surface area contributed by atoms with Crippen molar-refractivity contribution in [1.29, 1.82) is 0 Å². The van der Waals surface area contributed by atoms with Crippen LogP contribution in [0.25, 0.3) is 0 Å². The molecule has 0 atom stereocenters. The highest BCUT2D eigenvalue weighted by molar-refractivity contribution is 6.30. The summed E-state index contributed by atoms with van der Waals surface area (Å²) in [6, 6.07) is 8.81. The fraction of sp³-hybridized carbons (Fsp3) is 0.600. The van der Waals surface area contributed by atoms with Gasteiger partial charge in [0.2, 0.25) is 0 Å². The lowest BCUT2D eigenvalue weighted by molar-refractivity contribution is 0.0897. The van der Waals surface area contributed by atoms with E-state index in [1.165, 1.54) is 18.4 Å². The zero-order valence-corrected chi connectivity index (χ0v) is 11.9. The first kappa shape index (κ1) is 14.8. The van der Waals surface area contributed by atoms with Crippen LogP contribution in [0, 0.1) is 0 Å². The second-order valence-corrected chi connectivity index (χ2v) is 5.50. The van der Waals surface area contributed by atoms with Gasteiger partial charge in [0.15, 0.2) is 0 Å². The van der Waals surface area contributed by atoms with Crippen LogP contribution in [0.3, 0.4) is 0 Å². The van der Waals surface area contributed by atoms with Crippen LogP contribution in [0.1, 0.15) is 30.7 Å². The molecule has 0 aromatic heterocycles. The van der Waals surface area contributed by atoms with Gasteiger partial charge in [-0.15, -0.1) is 0 Å². The van der Waals surface area contributed by atoms with Gasteiger partial charge < -0.3 is 15.2 Å². The largest absolute Gasteiger partial charge is 0.394 e. The quantitative estimate of drug-likeness (QED) is 0.721. The summed E-state index contributed by atoms with van der Waals surface area (Å²) in [6.07, 6.45) is 3.38. The van der Waals surface area contributed by atoms with E-state index in [0.29, 0.717) is 18.6 Å². The van der Waals surface area contributed by atoms with Crippen LogP contribution in [-0.4, -0.2) is 37.5 Å². The molecule has 2 rings (SSSR count). The summed E-state index contributed by atoms with van der Waals surface area (Å²) < 4.78 is 5.22. The second kappa shape index (κ2) is 7.85. The van der Waals surface area contributed by atoms with E-state index in [1.807, 2.05) is 12.1 Å². The molecule has 4 heteroatoms. The van der Waals surface area contributed by atoms with Gasteiger partial charge in [0.05, 0.1) is 13.2 Å². The van der Waals surface area contributed by atoms with E-state index in [0.717, 1.165) is 24.6 Å². The van der Waals surface area contributed by atoms with Crippen LogP contribution in [0.15, 0.2) is 24.3 Å².